The molecule has 7 heteroatoms. The van der Waals surface area contributed by atoms with Gasteiger partial charge in [0, 0.05) is 43.0 Å². The second kappa shape index (κ2) is 7.69. The average Bonchev–Trinajstić information content (AvgIpc) is 2.67. The van der Waals surface area contributed by atoms with E-state index in [0.717, 1.165) is 0 Å². The van der Waals surface area contributed by atoms with E-state index >= 15 is 0 Å². The highest BCUT2D eigenvalue weighted by molar-refractivity contribution is 5.97. The zero-order chi connectivity index (χ0) is 18.5. The molecule has 1 saturated heterocycles. The summed E-state index contributed by atoms with van der Waals surface area (Å²) < 4.78 is 0. The lowest BCUT2D eigenvalue weighted by atomic mass is 10.1. The van der Waals surface area contributed by atoms with Crippen molar-refractivity contribution < 1.29 is 14.4 Å². The van der Waals surface area contributed by atoms with Crippen molar-refractivity contribution in [1.82, 2.24) is 9.80 Å². The van der Waals surface area contributed by atoms with Gasteiger partial charge in [-0.3, -0.25) is 9.59 Å². The third-order valence-corrected chi connectivity index (χ3v) is 4.25. The molecular formula is C19H20N4O3. The summed E-state index contributed by atoms with van der Waals surface area (Å²) in [4.78, 5) is 39.5. The molecule has 0 unspecified atom stereocenters. The number of carbonyl (C=O) groups is 3. The van der Waals surface area contributed by atoms with Gasteiger partial charge in [0.15, 0.2) is 0 Å². The van der Waals surface area contributed by atoms with Crippen LogP contribution in [0.15, 0.2) is 54.6 Å². The van der Waals surface area contributed by atoms with E-state index in [9.17, 15) is 14.4 Å². The van der Waals surface area contributed by atoms with Crippen LogP contribution in [-0.4, -0.2) is 53.8 Å². The molecule has 0 spiro atoms. The number of primary amides is 1. The van der Waals surface area contributed by atoms with Gasteiger partial charge in [0.1, 0.15) is 0 Å². The van der Waals surface area contributed by atoms with Crippen molar-refractivity contribution >= 4 is 23.5 Å². The van der Waals surface area contributed by atoms with Crippen molar-refractivity contribution in [3.63, 3.8) is 0 Å². The van der Waals surface area contributed by atoms with Crippen LogP contribution in [0.1, 0.15) is 20.7 Å². The van der Waals surface area contributed by atoms with Gasteiger partial charge in [-0.05, 0) is 30.3 Å². The zero-order valence-corrected chi connectivity index (χ0v) is 14.2. The summed E-state index contributed by atoms with van der Waals surface area (Å²) in [5.74, 6) is -0.157. The summed E-state index contributed by atoms with van der Waals surface area (Å²) in [6.45, 7) is 1.90. The quantitative estimate of drug-likeness (QED) is 0.881. The Balaban J connectivity index is 1.62. The highest BCUT2D eigenvalue weighted by atomic mass is 16.2. The highest BCUT2D eigenvalue weighted by Crippen LogP contribution is 2.15. The van der Waals surface area contributed by atoms with Crippen LogP contribution in [0.25, 0.3) is 0 Å². The molecule has 7 nitrogen and oxygen atoms in total. The molecule has 1 heterocycles. The summed E-state index contributed by atoms with van der Waals surface area (Å²) in [5.41, 5.74) is 6.70. The molecule has 0 radical (unpaired) electrons. The van der Waals surface area contributed by atoms with Crippen molar-refractivity contribution in [3.8, 4) is 0 Å². The third kappa shape index (κ3) is 4.00. The number of rotatable bonds is 3. The molecule has 3 N–H and O–H groups in total. The lowest BCUT2D eigenvalue weighted by Crippen LogP contribution is -2.50. The fourth-order valence-corrected chi connectivity index (χ4v) is 2.93. The first-order chi connectivity index (χ1) is 12.5. The third-order valence-electron chi connectivity index (χ3n) is 4.25. The SMILES string of the molecule is NC(=O)Nc1cccc(C(=O)N2CCN(C(=O)c3ccccc3)CC2)c1. The van der Waals surface area contributed by atoms with Gasteiger partial charge in [-0.1, -0.05) is 24.3 Å². The van der Waals surface area contributed by atoms with Gasteiger partial charge < -0.3 is 20.9 Å². The minimum Gasteiger partial charge on any atom is -0.351 e. The predicted octanol–water partition coefficient (Wildman–Crippen LogP) is 1.78. The van der Waals surface area contributed by atoms with E-state index in [2.05, 4.69) is 5.32 Å². The first-order valence-corrected chi connectivity index (χ1v) is 8.35. The number of amides is 4. The molecule has 0 aliphatic carbocycles. The Morgan fingerprint density at radius 2 is 1.31 bits per heavy atom. The van der Waals surface area contributed by atoms with Crippen LogP contribution >= 0.6 is 0 Å². The number of hydrogen-bond acceptors (Lipinski definition) is 3. The van der Waals surface area contributed by atoms with Crippen LogP contribution in [0.3, 0.4) is 0 Å². The molecule has 1 aliphatic rings. The van der Waals surface area contributed by atoms with Crippen LogP contribution in [0.2, 0.25) is 0 Å². The molecule has 4 amide bonds. The molecule has 26 heavy (non-hydrogen) atoms. The fourth-order valence-electron chi connectivity index (χ4n) is 2.93. The maximum Gasteiger partial charge on any atom is 0.316 e. The van der Waals surface area contributed by atoms with Gasteiger partial charge in [0.05, 0.1) is 0 Å². The normalized spacial score (nSPS) is 14.0. The molecule has 134 valence electrons. The molecule has 3 rings (SSSR count). The minimum atomic E-state index is -0.678. The molecule has 0 atom stereocenters. The molecule has 2 aromatic rings. The highest BCUT2D eigenvalue weighted by Gasteiger charge is 2.25. The first kappa shape index (κ1) is 17.5. The molecule has 1 fully saturated rings. The van der Waals surface area contributed by atoms with E-state index < -0.39 is 6.03 Å². The molecule has 0 bridgehead atoms. The maximum absolute atomic E-state index is 12.7. The number of urea groups is 1. The number of carbonyl (C=O) groups excluding carboxylic acids is 3. The van der Waals surface area contributed by atoms with Crippen molar-refractivity contribution in [2.45, 2.75) is 0 Å². The number of nitrogens with one attached hydrogen (secondary N) is 1. The van der Waals surface area contributed by atoms with Crippen LogP contribution < -0.4 is 11.1 Å². The Labute approximate surface area is 151 Å². The van der Waals surface area contributed by atoms with Crippen molar-refractivity contribution in [3.05, 3.63) is 65.7 Å². The summed E-state index contributed by atoms with van der Waals surface area (Å²) in [7, 11) is 0. The largest absolute Gasteiger partial charge is 0.351 e. The van der Waals surface area contributed by atoms with E-state index in [4.69, 9.17) is 5.73 Å². The zero-order valence-electron chi connectivity index (χ0n) is 14.2. The number of piperazine rings is 1. The number of nitrogens with two attached hydrogens (primary N) is 1. The van der Waals surface area contributed by atoms with Gasteiger partial charge in [-0.2, -0.15) is 0 Å². The molecular weight excluding hydrogens is 332 g/mol. The van der Waals surface area contributed by atoms with Gasteiger partial charge in [-0.15, -0.1) is 0 Å². The fraction of sp³-hybridized carbons (Fsp3) is 0.211. The number of benzene rings is 2. The number of nitrogens with zero attached hydrogens (tertiary/aromatic N) is 2. The predicted molar refractivity (Wildman–Crippen MR) is 97.9 cm³/mol. The topological polar surface area (TPSA) is 95.7 Å². The first-order valence-electron chi connectivity index (χ1n) is 8.35. The standard InChI is InChI=1S/C19H20N4O3/c20-19(26)21-16-8-4-7-15(13-16)18(25)23-11-9-22(10-12-23)17(24)14-5-2-1-3-6-14/h1-8,13H,9-12H2,(H3,20,21,26). The molecule has 1 aliphatic heterocycles. The summed E-state index contributed by atoms with van der Waals surface area (Å²) in [6, 6.07) is 15.1. The second-order valence-electron chi connectivity index (χ2n) is 6.02. The lowest BCUT2D eigenvalue weighted by Gasteiger charge is -2.35. The summed E-state index contributed by atoms with van der Waals surface area (Å²) in [5, 5.41) is 2.46. The van der Waals surface area contributed by atoms with Crippen molar-refractivity contribution in [2.75, 3.05) is 31.5 Å². The smallest absolute Gasteiger partial charge is 0.316 e. The van der Waals surface area contributed by atoms with E-state index in [1.807, 2.05) is 18.2 Å². The van der Waals surface area contributed by atoms with Crippen LogP contribution in [0.5, 0.6) is 0 Å². The Morgan fingerprint density at radius 1 is 0.769 bits per heavy atom. The Kier molecular flexibility index (Phi) is 5.17. The second-order valence-corrected chi connectivity index (χ2v) is 6.02. The average molecular weight is 352 g/mol. The van der Waals surface area contributed by atoms with Gasteiger partial charge in [0.2, 0.25) is 0 Å². The summed E-state index contributed by atoms with van der Waals surface area (Å²) in [6.07, 6.45) is 0. The van der Waals surface area contributed by atoms with Gasteiger partial charge in [0.25, 0.3) is 11.8 Å². The summed E-state index contributed by atoms with van der Waals surface area (Å²) >= 11 is 0. The van der Waals surface area contributed by atoms with E-state index in [-0.39, 0.29) is 11.8 Å². The lowest BCUT2D eigenvalue weighted by molar-refractivity contribution is 0.0535. The molecule has 0 aromatic heterocycles. The Hall–Kier alpha value is -3.35. The Morgan fingerprint density at radius 3 is 1.88 bits per heavy atom. The Bertz CT molecular complexity index is 815. The number of anilines is 1. The number of hydrogen-bond donors (Lipinski definition) is 2. The molecule has 0 saturated carbocycles. The molecule has 2 aromatic carbocycles. The van der Waals surface area contributed by atoms with E-state index in [1.165, 1.54) is 0 Å². The maximum atomic E-state index is 12.7. The van der Waals surface area contributed by atoms with Crippen LogP contribution in [-0.2, 0) is 0 Å². The van der Waals surface area contributed by atoms with Crippen molar-refractivity contribution in [2.24, 2.45) is 5.73 Å². The van der Waals surface area contributed by atoms with Crippen molar-refractivity contribution in [1.29, 1.82) is 0 Å². The monoisotopic (exact) mass is 352 g/mol. The van der Waals surface area contributed by atoms with E-state index in [1.54, 1.807) is 46.2 Å². The van der Waals surface area contributed by atoms with Gasteiger partial charge >= 0.3 is 6.03 Å². The minimum absolute atomic E-state index is 0.0228. The van der Waals surface area contributed by atoms with Crippen LogP contribution in [0, 0.1) is 0 Å². The van der Waals surface area contributed by atoms with Gasteiger partial charge in [-0.25, -0.2) is 4.79 Å². The van der Waals surface area contributed by atoms with Crippen LogP contribution in [0.4, 0.5) is 10.5 Å². The van der Waals surface area contributed by atoms with E-state index in [0.29, 0.717) is 43.0 Å².